The van der Waals surface area contributed by atoms with E-state index in [9.17, 15) is 19.5 Å². The fourth-order valence-corrected chi connectivity index (χ4v) is 9.33. The van der Waals surface area contributed by atoms with Crippen LogP contribution in [-0.4, -0.2) is 82.3 Å². The van der Waals surface area contributed by atoms with Crippen LogP contribution in [0.1, 0.15) is 309 Å². The highest BCUT2D eigenvalue weighted by atomic mass is 16.7. The zero-order valence-electron chi connectivity index (χ0n) is 49.0. The Morgan fingerprint density at radius 1 is 0.411 bits per heavy atom. The number of likely N-dealkylation sites (N-methyl/N-ethyl adjacent to an activating group) is 1. The van der Waals surface area contributed by atoms with Gasteiger partial charge in [0.2, 0.25) is 0 Å². The Morgan fingerprint density at radius 2 is 0.740 bits per heavy atom. The second-order valence-corrected chi connectivity index (χ2v) is 22.7. The Hall–Kier alpha value is -2.23. The van der Waals surface area contributed by atoms with Crippen molar-refractivity contribution in [1.29, 1.82) is 0 Å². The van der Waals surface area contributed by atoms with Crippen molar-refractivity contribution in [3.05, 3.63) is 24.3 Å². The Labute approximate surface area is 452 Å². The average molecular weight is 1030 g/mol. The van der Waals surface area contributed by atoms with Crippen LogP contribution in [0.15, 0.2) is 24.3 Å². The van der Waals surface area contributed by atoms with Gasteiger partial charge in [0.15, 0.2) is 12.4 Å². The van der Waals surface area contributed by atoms with Crippen LogP contribution in [0, 0.1) is 0 Å². The van der Waals surface area contributed by atoms with E-state index >= 15 is 0 Å². The van der Waals surface area contributed by atoms with Gasteiger partial charge in [0.1, 0.15) is 13.2 Å². The first-order valence-corrected chi connectivity index (χ1v) is 31.5. The summed E-state index contributed by atoms with van der Waals surface area (Å²) in [5.74, 6) is -2.26. The summed E-state index contributed by atoms with van der Waals surface area (Å²) in [6.07, 6.45) is 64.1. The first-order valence-electron chi connectivity index (χ1n) is 31.5. The van der Waals surface area contributed by atoms with Crippen LogP contribution in [0.2, 0.25) is 0 Å². The first kappa shape index (κ1) is 70.8. The van der Waals surface area contributed by atoms with E-state index in [-0.39, 0.29) is 32.2 Å². The topological polar surface area (TPSA) is 111 Å². The van der Waals surface area contributed by atoms with Crippen LogP contribution in [0.25, 0.3) is 0 Å². The molecule has 0 N–H and O–H groups in total. The van der Waals surface area contributed by atoms with Gasteiger partial charge in [-0.05, 0) is 44.9 Å². The third kappa shape index (κ3) is 57.3. The van der Waals surface area contributed by atoms with E-state index in [4.69, 9.17) is 18.9 Å². The molecule has 73 heavy (non-hydrogen) atoms. The number of esters is 2. The van der Waals surface area contributed by atoms with Crippen molar-refractivity contribution in [2.45, 2.75) is 322 Å². The van der Waals surface area contributed by atoms with Crippen molar-refractivity contribution < 1.29 is 42.9 Å². The standard InChI is InChI=1S/C64H121NO8/c1-6-8-10-12-14-16-18-19-20-21-22-23-24-25-26-27-28-29-30-31-32-33-34-35-36-37-38-39-40-41-42-43-45-47-49-51-53-55-62(67)73-60(59-72-64(63(68)69)70-57-56-65(3,4)5)58-71-61(66)54-52-50-48-46-44-17-15-13-11-9-7-2/h18-19,21-22,60,64H,6-17,20,23-59H2,1-5H3/b19-18-,22-21-. The van der Waals surface area contributed by atoms with Crippen molar-refractivity contribution in [3.63, 3.8) is 0 Å². The largest absolute Gasteiger partial charge is 0.545 e. The molecule has 2 unspecified atom stereocenters. The zero-order chi connectivity index (χ0) is 53.4. The molecule has 0 bridgehead atoms. The number of hydrogen-bond acceptors (Lipinski definition) is 8. The maximum Gasteiger partial charge on any atom is 0.306 e. The van der Waals surface area contributed by atoms with Crippen molar-refractivity contribution in [2.75, 3.05) is 47.5 Å². The van der Waals surface area contributed by atoms with E-state index in [1.807, 2.05) is 21.1 Å². The predicted molar refractivity (Wildman–Crippen MR) is 306 cm³/mol. The molecule has 0 fully saturated rings. The number of hydrogen-bond donors (Lipinski definition) is 0. The Morgan fingerprint density at radius 3 is 1.08 bits per heavy atom. The fraction of sp³-hybridized carbons (Fsp3) is 0.891. The molecule has 2 atom stereocenters. The minimum absolute atomic E-state index is 0.152. The summed E-state index contributed by atoms with van der Waals surface area (Å²) in [5.41, 5.74) is 0. The van der Waals surface area contributed by atoms with Crippen LogP contribution in [0.3, 0.4) is 0 Å². The Kier molecular flexibility index (Phi) is 54.3. The second-order valence-electron chi connectivity index (χ2n) is 22.7. The number of carboxylic acids is 1. The number of carbonyl (C=O) groups is 3. The SMILES string of the molecule is CCCCCCC/C=C\C/C=C\CCCCCCCCCCCCCCCCCCCCCCCCCCCC(=O)OC(COC(=O)CCCCCCCCCCCCC)COC(OCC[N+](C)(C)C)C(=O)[O-]. The van der Waals surface area contributed by atoms with Gasteiger partial charge in [0, 0.05) is 12.8 Å². The van der Waals surface area contributed by atoms with E-state index in [1.54, 1.807) is 0 Å². The molecule has 0 amide bonds. The quantitative estimate of drug-likeness (QED) is 0.0195. The number of carbonyl (C=O) groups excluding carboxylic acids is 3. The molecular weight excluding hydrogens is 911 g/mol. The maximum atomic E-state index is 12.8. The number of rotatable bonds is 59. The minimum Gasteiger partial charge on any atom is -0.545 e. The van der Waals surface area contributed by atoms with Gasteiger partial charge >= 0.3 is 11.9 Å². The lowest BCUT2D eigenvalue weighted by Crippen LogP contribution is -2.44. The normalized spacial score (nSPS) is 12.8. The van der Waals surface area contributed by atoms with E-state index in [0.29, 0.717) is 17.4 Å². The predicted octanol–water partition coefficient (Wildman–Crippen LogP) is 17.4. The summed E-state index contributed by atoms with van der Waals surface area (Å²) in [4.78, 5) is 37.2. The van der Waals surface area contributed by atoms with Gasteiger partial charge in [-0.3, -0.25) is 9.59 Å². The molecule has 0 aliphatic heterocycles. The second kappa shape index (κ2) is 56.0. The lowest BCUT2D eigenvalue weighted by atomic mass is 10.0. The lowest BCUT2D eigenvalue weighted by Gasteiger charge is -2.26. The highest BCUT2D eigenvalue weighted by Crippen LogP contribution is 2.18. The molecule has 0 aromatic heterocycles. The minimum atomic E-state index is -1.62. The lowest BCUT2D eigenvalue weighted by molar-refractivity contribution is -0.870. The van der Waals surface area contributed by atoms with Crippen LogP contribution < -0.4 is 5.11 Å². The number of ether oxygens (including phenoxy) is 4. The van der Waals surface area contributed by atoms with Crippen LogP contribution in [0.5, 0.6) is 0 Å². The van der Waals surface area contributed by atoms with Crippen molar-refractivity contribution in [3.8, 4) is 0 Å². The van der Waals surface area contributed by atoms with E-state index in [1.165, 1.54) is 238 Å². The highest BCUT2D eigenvalue weighted by molar-refractivity contribution is 5.70. The van der Waals surface area contributed by atoms with E-state index in [0.717, 1.165) is 44.9 Å². The smallest absolute Gasteiger partial charge is 0.306 e. The molecule has 0 aliphatic rings. The molecule has 0 saturated carbocycles. The molecule has 0 radical (unpaired) electrons. The van der Waals surface area contributed by atoms with Crippen LogP contribution in [-0.2, 0) is 33.3 Å². The summed E-state index contributed by atoms with van der Waals surface area (Å²) in [5, 5.41) is 11.7. The molecule has 0 spiro atoms. The van der Waals surface area contributed by atoms with Gasteiger partial charge in [-0.15, -0.1) is 0 Å². The summed E-state index contributed by atoms with van der Waals surface area (Å²) >= 11 is 0. The molecule has 9 heteroatoms. The Bertz CT molecular complexity index is 1250. The average Bonchev–Trinajstić information content (AvgIpc) is 3.36. The van der Waals surface area contributed by atoms with Crippen molar-refractivity contribution in [1.82, 2.24) is 0 Å². The van der Waals surface area contributed by atoms with Crippen molar-refractivity contribution in [2.24, 2.45) is 0 Å². The number of allylic oxidation sites excluding steroid dienone is 4. The Balaban J connectivity index is 3.91. The molecule has 9 nitrogen and oxygen atoms in total. The molecule has 0 aliphatic carbocycles. The molecule has 430 valence electrons. The van der Waals surface area contributed by atoms with Crippen LogP contribution in [0.4, 0.5) is 0 Å². The van der Waals surface area contributed by atoms with Crippen LogP contribution >= 0.6 is 0 Å². The zero-order valence-corrected chi connectivity index (χ0v) is 49.0. The first-order chi connectivity index (χ1) is 35.6. The molecule has 0 rings (SSSR count). The fourth-order valence-electron chi connectivity index (χ4n) is 9.33. The number of carboxylic acid groups (broad SMARTS) is 1. The molecule has 0 saturated heterocycles. The van der Waals surface area contributed by atoms with Crippen molar-refractivity contribution >= 4 is 17.9 Å². The van der Waals surface area contributed by atoms with Gasteiger partial charge in [-0.25, -0.2) is 0 Å². The summed E-state index contributed by atoms with van der Waals surface area (Å²) in [7, 11) is 5.93. The van der Waals surface area contributed by atoms with Gasteiger partial charge in [0.05, 0.1) is 40.3 Å². The van der Waals surface area contributed by atoms with E-state index < -0.39 is 24.3 Å². The number of quaternary nitrogens is 1. The molecule has 0 aromatic rings. The summed E-state index contributed by atoms with van der Waals surface area (Å²) < 4.78 is 22.7. The van der Waals surface area contributed by atoms with Gasteiger partial charge in [-0.2, -0.15) is 0 Å². The van der Waals surface area contributed by atoms with Gasteiger partial charge < -0.3 is 33.3 Å². The molecular formula is C64H121NO8. The summed E-state index contributed by atoms with van der Waals surface area (Å²) in [6.45, 7) is 4.77. The monoisotopic (exact) mass is 1030 g/mol. The summed E-state index contributed by atoms with van der Waals surface area (Å²) in [6, 6.07) is 0. The van der Waals surface area contributed by atoms with Gasteiger partial charge in [0.25, 0.3) is 0 Å². The number of aliphatic carboxylic acids is 1. The molecule has 0 aromatic carbocycles. The van der Waals surface area contributed by atoms with E-state index in [2.05, 4.69) is 38.2 Å². The number of nitrogens with zero attached hydrogens (tertiary/aromatic N) is 1. The maximum absolute atomic E-state index is 12.8. The highest BCUT2D eigenvalue weighted by Gasteiger charge is 2.22. The number of unbranched alkanes of at least 4 members (excludes halogenated alkanes) is 40. The third-order valence-corrected chi connectivity index (χ3v) is 14.2. The third-order valence-electron chi connectivity index (χ3n) is 14.2. The van der Waals surface area contributed by atoms with Gasteiger partial charge in [-0.1, -0.05) is 276 Å². The molecule has 0 heterocycles.